The Hall–Kier alpha value is -3.52. The Morgan fingerprint density at radius 3 is 2.26 bits per heavy atom. The number of carbonyl (C=O) groups is 1. The molecule has 0 saturated heterocycles. The number of para-hydroxylation sites is 2. The molecule has 0 aromatic heterocycles. The molecule has 0 heterocycles. The number of methoxy groups -OCH3 is 1. The zero-order valence-electron chi connectivity index (χ0n) is 19.9. The Labute approximate surface area is 201 Å². The van der Waals surface area contributed by atoms with Gasteiger partial charge in [-0.15, -0.1) is 0 Å². The zero-order chi connectivity index (χ0) is 24.7. The maximum atomic E-state index is 12.5. The number of nitrogens with one attached hydrogen (secondary N) is 1. The molecular formula is C26H30N2O5S. The number of sulfonamides is 1. The minimum atomic E-state index is -3.49. The Bertz CT molecular complexity index is 1240. The van der Waals surface area contributed by atoms with E-state index in [1.165, 1.54) is 10.6 Å². The van der Waals surface area contributed by atoms with Gasteiger partial charge in [-0.1, -0.05) is 42.0 Å². The monoisotopic (exact) mass is 482 g/mol. The molecule has 3 rings (SSSR count). The zero-order valence-corrected chi connectivity index (χ0v) is 20.7. The number of ether oxygens (including phenoxy) is 2. The van der Waals surface area contributed by atoms with Crippen molar-refractivity contribution < 1.29 is 22.7 Å². The minimum absolute atomic E-state index is 0.178. The number of rotatable bonds is 10. The van der Waals surface area contributed by atoms with E-state index in [9.17, 15) is 13.2 Å². The summed E-state index contributed by atoms with van der Waals surface area (Å²) in [7, 11) is -1.92. The van der Waals surface area contributed by atoms with Crippen molar-refractivity contribution in [3.63, 3.8) is 0 Å². The molecule has 1 amide bonds. The van der Waals surface area contributed by atoms with Gasteiger partial charge in [-0.3, -0.25) is 9.10 Å². The van der Waals surface area contributed by atoms with Crippen LogP contribution in [0.1, 0.15) is 27.0 Å². The summed E-state index contributed by atoms with van der Waals surface area (Å²) in [6, 6.07) is 19.9. The van der Waals surface area contributed by atoms with Crippen molar-refractivity contribution in [1.82, 2.24) is 5.32 Å². The largest absolute Gasteiger partial charge is 0.493 e. The maximum Gasteiger partial charge on any atom is 0.251 e. The van der Waals surface area contributed by atoms with Gasteiger partial charge in [0.05, 0.1) is 32.1 Å². The molecule has 0 aliphatic heterocycles. The molecule has 0 spiro atoms. The predicted molar refractivity (Wildman–Crippen MR) is 134 cm³/mol. The van der Waals surface area contributed by atoms with Gasteiger partial charge < -0.3 is 14.8 Å². The summed E-state index contributed by atoms with van der Waals surface area (Å²) in [5.41, 5.74) is 3.86. The first-order valence-electron chi connectivity index (χ1n) is 10.9. The number of aryl methyl sites for hydroxylation is 2. The van der Waals surface area contributed by atoms with Gasteiger partial charge >= 0.3 is 0 Å². The average molecular weight is 483 g/mol. The third kappa shape index (κ3) is 6.51. The molecule has 0 aliphatic rings. The fourth-order valence-electron chi connectivity index (χ4n) is 3.56. The summed E-state index contributed by atoms with van der Waals surface area (Å²) in [6.07, 6.45) is 1.20. The second kappa shape index (κ2) is 11.1. The fraction of sp³-hybridized carbons (Fsp3) is 0.269. The summed E-state index contributed by atoms with van der Waals surface area (Å²) in [4.78, 5) is 12.5. The van der Waals surface area contributed by atoms with Crippen LogP contribution in [0.2, 0.25) is 0 Å². The number of carbonyl (C=O) groups excluding carboxylic acids is 1. The summed E-state index contributed by atoms with van der Waals surface area (Å²) < 4.78 is 37.2. The Balaban J connectivity index is 1.60. The first-order valence-corrected chi connectivity index (χ1v) is 12.7. The highest BCUT2D eigenvalue weighted by Gasteiger charge is 2.20. The van der Waals surface area contributed by atoms with E-state index in [0.717, 1.165) is 16.7 Å². The summed E-state index contributed by atoms with van der Waals surface area (Å²) >= 11 is 0. The van der Waals surface area contributed by atoms with Crippen LogP contribution < -0.4 is 19.1 Å². The minimum Gasteiger partial charge on any atom is -0.493 e. The van der Waals surface area contributed by atoms with E-state index in [4.69, 9.17) is 9.47 Å². The van der Waals surface area contributed by atoms with Crippen molar-refractivity contribution in [1.29, 1.82) is 0 Å². The molecule has 34 heavy (non-hydrogen) atoms. The van der Waals surface area contributed by atoms with Crippen LogP contribution >= 0.6 is 0 Å². The van der Waals surface area contributed by atoms with Crippen molar-refractivity contribution in [2.24, 2.45) is 0 Å². The van der Waals surface area contributed by atoms with E-state index >= 15 is 0 Å². The molecule has 0 fully saturated rings. The topological polar surface area (TPSA) is 84.9 Å². The van der Waals surface area contributed by atoms with E-state index in [-0.39, 0.29) is 12.5 Å². The average Bonchev–Trinajstić information content (AvgIpc) is 2.80. The van der Waals surface area contributed by atoms with Crippen molar-refractivity contribution in [3.8, 4) is 11.5 Å². The normalized spacial score (nSPS) is 11.1. The number of benzene rings is 3. The van der Waals surface area contributed by atoms with Crippen molar-refractivity contribution in [2.45, 2.75) is 20.4 Å². The van der Waals surface area contributed by atoms with Gasteiger partial charge in [-0.25, -0.2) is 8.42 Å². The third-order valence-electron chi connectivity index (χ3n) is 5.28. The number of hydrogen-bond acceptors (Lipinski definition) is 5. The number of hydrogen-bond donors (Lipinski definition) is 1. The molecule has 0 unspecified atom stereocenters. The van der Waals surface area contributed by atoms with Gasteiger partial charge in [-0.05, 0) is 55.3 Å². The summed E-state index contributed by atoms with van der Waals surface area (Å²) in [5, 5.41) is 2.82. The first kappa shape index (κ1) is 25.1. The molecule has 0 atom stereocenters. The van der Waals surface area contributed by atoms with E-state index in [2.05, 4.69) is 5.32 Å². The van der Waals surface area contributed by atoms with Crippen LogP contribution in [0.5, 0.6) is 11.5 Å². The smallest absolute Gasteiger partial charge is 0.251 e. The predicted octanol–water partition coefficient (Wildman–Crippen LogP) is 4.09. The lowest BCUT2D eigenvalue weighted by molar-refractivity contribution is 0.0947. The Morgan fingerprint density at radius 1 is 0.971 bits per heavy atom. The van der Waals surface area contributed by atoms with Crippen LogP contribution in [0.25, 0.3) is 0 Å². The number of nitrogens with zero attached hydrogens (tertiary/aromatic N) is 1. The lowest BCUT2D eigenvalue weighted by Crippen LogP contribution is -2.30. The molecular weight excluding hydrogens is 452 g/mol. The standard InChI is InChI=1S/C26H30N2O5S/c1-19-9-14-23(20(2)17-19)28(34(4,30)31)18-21-10-12-22(13-11-21)26(29)27-15-16-33-25-8-6-5-7-24(25)32-3/h5-14,17H,15-16,18H2,1-4H3,(H,27,29). The molecule has 1 N–H and O–H groups in total. The molecule has 180 valence electrons. The molecule has 0 aliphatic carbocycles. The third-order valence-corrected chi connectivity index (χ3v) is 6.40. The highest BCUT2D eigenvalue weighted by molar-refractivity contribution is 7.92. The van der Waals surface area contributed by atoms with Crippen LogP contribution in [-0.4, -0.2) is 40.8 Å². The number of amides is 1. The van der Waals surface area contributed by atoms with Gasteiger partial charge in [-0.2, -0.15) is 0 Å². The van der Waals surface area contributed by atoms with Crippen LogP contribution in [0.3, 0.4) is 0 Å². The molecule has 0 radical (unpaired) electrons. The van der Waals surface area contributed by atoms with E-state index in [1.807, 2.05) is 44.2 Å². The van der Waals surface area contributed by atoms with Crippen molar-refractivity contribution >= 4 is 21.6 Å². The Kier molecular flexibility index (Phi) is 8.17. The Morgan fingerprint density at radius 2 is 1.65 bits per heavy atom. The van der Waals surface area contributed by atoms with Crippen LogP contribution in [0.4, 0.5) is 5.69 Å². The van der Waals surface area contributed by atoms with Gasteiger partial charge in [0, 0.05) is 5.56 Å². The highest BCUT2D eigenvalue weighted by Crippen LogP contribution is 2.26. The number of anilines is 1. The first-order chi connectivity index (χ1) is 16.2. The summed E-state index contributed by atoms with van der Waals surface area (Å²) in [6.45, 7) is 4.66. The van der Waals surface area contributed by atoms with Gasteiger partial charge in [0.25, 0.3) is 5.91 Å². The molecule has 3 aromatic carbocycles. The van der Waals surface area contributed by atoms with Crippen LogP contribution in [-0.2, 0) is 16.6 Å². The van der Waals surface area contributed by atoms with E-state index in [0.29, 0.717) is 35.9 Å². The molecule has 0 bridgehead atoms. The molecule has 3 aromatic rings. The van der Waals surface area contributed by atoms with Gasteiger partial charge in [0.2, 0.25) is 10.0 Å². The lowest BCUT2D eigenvalue weighted by atomic mass is 10.1. The van der Waals surface area contributed by atoms with Crippen LogP contribution in [0, 0.1) is 13.8 Å². The quantitative estimate of drug-likeness (QED) is 0.440. The highest BCUT2D eigenvalue weighted by atomic mass is 32.2. The lowest BCUT2D eigenvalue weighted by Gasteiger charge is -2.24. The van der Waals surface area contributed by atoms with Crippen molar-refractivity contribution in [3.05, 3.63) is 89.0 Å². The second-order valence-corrected chi connectivity index (χ2v) is 9.92. The molecule has 0 saturated carbocycles. The molecule has 8 heteroatoms. The van der Waals surface area contributed by atoms with Gasteiger partial charge in [0.15, 0.2) is 11.5 Å². The van der Waals surface area contributed by atoms with Gasteiger partial charge in [0.1, 0.15) is 6.61 Å². The van der Waals surface area contributed by atoms with Crippen LogP contribution in [0.15, 0.2) is 66.7 Å². The fourth-order valence-corrected chi connectivity index (χ4v) is 4.51. The second-order valence-electron chi connectivity index (χ2n) is 8.01. The molecule has 7 nitrogen and oxygen atoms in total. The SMILES string of the molecule is COc1ccccc1OCCNC(=O)c1ccc(CN(c2ccc(C)cc2C)S(C)(=O)=O)cc1. The summed E-state index contributed by atoms with van der Waals surface area (Å²) in [5.74, 6) is 1.01. The maximum absolute atomic E-state index is 12.5. The van der Waals surface area contributed by atoms with E-state index < -0.39 is 10.0 Å². The van der Waals surface area contributed by atoms with Crippen molar-refractivity contribution in [2.75, 3.05) is 30.8 Å². The van der Waals surface area contributed by atoms with E-state index in [1.54, 1.807) is 43.5 Å².